The maximum atomic E-state index is 11.4. The number of fused-ring (bicyclic) bond motifs is 2. The van der Waals surface area contributed by atoms with Gasteiger partial charge in [0.05, 0.1) is 17.1 Å². The maximum absolute atomic E-state index is 11.4. The van der Waals surface area contributed by atoms with Crippen LogP contribution in [0.5, 0.6) is 0 Å². The van der Waals surface area contributed by atoms with Crippen molar-refractivity contribution in [1.29, 1.82) is 0 Å². The summed E-state index contributed by atoms with van der Waals surface area (Å²) in [6.07, 6.45) is 3.35. The SMILES string of the molecule is CC(NC1C2CCC(C2)C1C(=O)O)c1cscn1. The summed E-state index contributed by atoms with van der Waals surface area (Å²) in [6.45, 7) is 2.07. The van der Waals surface area contributed by atoms with Gasteiger partial charge in [-0.05, 0) is 38.0 Å². The predicted molar refractivity (Wildman–Crippen MR) is 69.4 cm³/mol. The van der Waals surface area contributed by atoms with Crippen molar-refractivity contribution in [1.82, 2.24) is 10.3 Å². The largest absolute Gasteiger partial charge is 0.481 e. The Kier molecular flexibility index (Phi) is 3.11. The molecule has 2 fully saturated rings. The molecular weight excluding hydrogens is 248 g/mol. The first-order valence-electron chi connectivity index (χ1n) is 6.53. The van der Waals surface area contributed by atoms with E-state index in [2.05, 4.69) is 17.2 Å². The number of hydrogen-bond acceptors (Lipinski definition) is 4. The minimum Gasteiger partial charge on any atom is -0.481 e. The molecule has 0 aliphatic heterocycles. The monoisotopic (exact) mass is 266 g/mol. The van der Waals surface area contributed by atoms with Gasteiger partial charge in [-0.1, -0.05) is 0 Å². The third-order valence-electron chi connectivity index (χ3n) is 4.54. The Labute approximate surface area is 110 Å². The Morgan fingerprint density at radius 2 is 2.33 bits per heavy atom. The van der Waals surface area contributed by atoms with Crippen LogP contribution in [-0.2, 0) is 4.79 Å². The molecule has 0 aromatic carbocycles. The Morgan fingerprint density at radius 1 is 1.56 bits per heavy atom. The molecule has 0 amide bonds. The Bertz CT molecular complexity index is 434. The van der Waals surface area contributed by atoms with Gasteiger partial charge in [-0.2, -0.15) is 0 Å². The van der Waals surface area contributed by atoms with E-state index < -0.39 is 5.97 Å². The molecule has 0 spiro atoms. The van der Waals surface area contributed by atoms with Crippen LogP contribution in [0.15, 0.2) is 10.9 Å². The van der Waals surface area contributed by atoms with Gasteiger partial charge in [0.2, 0.25) is 0 Å². The van der Waals surface area contributed by atoms with E-state index in [4.69, 9.17) is 0 Å². The molecule has 2 aliphatic rings. The second-order valence-electron chi connectivity index (χ2n) is 5.52. The van der Waals surface area contributed by atoms with Crippen LogP contribution in [0, 0.1) is 17.8 Å². The lowest BCUT2D eigenvalue weighted by atomic mass is 9.84. The van der Waals surface area contributed by atoms with Gasteiger partial charge >= 0.3 is 5.97 Å². The number of aromatic nitrogens is 1. The standard InChI is InChI=1S/C13H18N2O2S/c1-7(10-5-18-6-14-10)15-12-9-3-2-8(4-9)11(12)13(16)17/h5-9,11-12,15H,2-4H2,1H3,(H,16,17). The minimum absolute atomic E-state index is 0.123. The first-order chi connectivity index (χ1) is 8.66. The van der Waals surface area contributed by atoms with E-state index in [1.54, 1.807) is 11.3 Å². The van der Waals surface area contributed by atoms with Crippen LogP contribution in [0.4, 0.5) is 0 Å². The van der Waals surface area contributed by atoms with E-state index in [0.717, 1.165) is 18.5 Å². The Morgan fingerprint density at radius 3 is 3.00 bits per heavy atom. The summed E-state index contributed by atoms with van der Waals surface area (Å²) in [5.74, 6) is 0.0832. The molecule has 18 heavy (non-hydrogen) atoms. The summed E-state index contributed by atoms with van der Waals surface area (Å²) < 4.78 is 0. The molecule has 2 bridgehead atoms. The van der Waals surface area contributed by atoms with Crippen LogP contribution in [-0.4, -0.2) is 22.1 Å². The maximum Gasteiger partial charge on any atom is 0.308 e. The molecule has 2 saturated carbocycles. The highest BCUT2D eigenvalue weighted by atomic mass is 32.1. The molecule has 1 aromatic heterocycles. The highest BCUT2D eigenvalue weighted by Gasteiger charge is 2.51. The van der Waals surface area contributed by atoms with E-state index in [1.807, 2.05) is 10.9 Å². The number of carbonyl (C=O) groups is 1. The van der Waals surface area contributed by atoms with Gasteiger partial charge in [0.1, 0.15) is 0 Å². The minimum atomic E-state index is -0.634. The van der Waals surface area contributed by atoms with Crippen LogP contribution in [0.1, 0.15) is 37.9 Å². The summed E-state index contributed by atoms with van der Waals surface area (Å²) in [5, 5.41) is 14.9. The topological polar surface area (TPSA) is 62.2 Å². The number of hydrogen-bond donors (Lipinski definition) is 2. The van der Waals surface area contributed by atoms with Gasteiger partial charge < -0.3 is 10.4 Å². The summed E-state index contributed by atoms with van der Waals surface area (Å²) in [7, 11) is 0. The molecule has 5 heteroatoms. The lowest BCUT2D eigenvalue weighted by molar-refractivity contribution is -0.144. The third-order valence-corrected chi connectivity index (χ3v) is 5.14. The van der Waals surface area contributed by atoms with Gasteiger partial charge in [0.15, 0.2) is 0 Å². The first-order valence-corrected chi connectivity index (χ1v) is 7.48. The highest BCUT2D eigenvalue weighted by Crippen LogP contribution is 2.49. The number of rotatable bonds is 4. The molecular formula is C13H18N2O2S. The molecule has 2 N–H and O–H groups in total. The van der Waals surface area contributed by atoms with Crippen LogP contribution >= 0.6 is 11.3 Å². The van der Waals surface area contributed by atoms with E-state index in [0.29, 0.717) is 11.8 Å². The van der Waals surface area contributed by atoms with E-state index >= 15 is 0 Å². The first kappa shape index (κ1) is 12.1. The molecule has 1 heterocycles. The molecule has 3 rings (SSSR count). The van der Waals surface area contributed by atoms with Crippen molar-refractivity contribution in [2.45, 2.75) is 38.3 Å². The second-order valence-corrected chi connectivity index (χ2v) is 6.24. The summed E-state index contributed by atoms with van der Waals surface area (Å²) in [5.41, 5.74) is 2.84. The van der Waals surface area contributed by atoms with Crippen molar-refractivity contribution >= 4 is 17.3 Å². The van der Waals surface area contributed by atoms with Crippen molar-refractivity contribution in [2.75, 3.05) is 0 Å². The molecule has 98 valence electrons. The molecule has 2 aliphatic carbocycles. The lowest BCUT2D eigenvalue weighted by Crippen LogP contribution is -2.45. The van der Waals surface area contributed by atoms with Crippen LogP contribution < -0.4 is 5.32 Å². The van der Waals surface area contributed by atoms with E-state index in [9.17, 15) is 9.90 Å². The average molecular weight is 266 g/mol. The smallest absolute Gasteiger partial charge is 0.308 e. The van der Waals surface area contributed by atoms with E-state index in [-0.39, 0.29) is 18.0 Å². The molecule has 0 saturated heterocycles. The van der Waals surface area contributed by atoms with Gasteiger partial charge in [-0.15, -0.1) is 11.3 Å². The third kappa shape index (κ3) is 1.95. The predicted octanol–water partition coefficient (Wildman–Crippen LogP) is 2.29. The summed E-state index contributed by atoms with van der Waals surface area (Å²) in [6, 6.07) is 0.264. The normalized spacial score (nSPS) is 35.8. The van der Waals surface area contributed by atoms with Crippen LogP contribution in [0.3, 0.4) is 0 Å². The van der Waals surface area contributed by atoms with Gasteiger partial charge in [0.25, 0.3) is 0 Å². The van der Waals surface area contributed by atoms with Crippen molar-refractivity contribution in [3.63, 3.8) is 0 Å². The molecule has 1 aromatic rings. The number of aliphatic carboxylic acids is 1. The fourth-order valence-electron chi connectivity index (χ4n) is 3.70. The number of nitrogens with zero attached hydrogens (tertiary/aromatic N) is 1. The zero-order valence-electron chi connectivity index (χ0n) is 10.4. The van der Waals surface area contributed by atoms with Gasteiger partial charge in [-0.25, -0.2) is 4.98 Å². The molecule has 5 atom stereocenters. The summed E-state index contributed by atoms with van der Waals surface area (Å²) in [4.78, 5) is 15.7. The fraction of sp³-hybridized carbons (Fsp3) is 0.692. The lowest BCUT2D eigenvalue weighted by Gasteiger charge is -2.31. The van der Waals surface area contributed by atoms with Crippen molar-refractivity contribution < 1.29 is 9.90 Å². The second kappa shape index (κ2) is 4.63. The number of nitrogens with one attached hydrogen (secondary N) is 1. The zero-order valence-corrected chi connectivity index (χ0v) is 11.2. The van der Waals surface area contributed by atoms with Crippen molar-refractivity contribution in [3.8, 4) is 0 Å². The van der Waals surface area contributed by atoms with Gasteiger partial charge in [-0.3, -0.25) is 4.79 Å². The average Bonchev–Trinajstić information content (AvgIpc) is 3.05. The quantitative estimate of drug-likeness (QED) is 0.877. The van der Waals surface area contributed by atoms with Crippen molar-refractivity contribution in [2.24, 2.45) is 17.8 Å². The molecule has 0 radical (unpaired) electrons. The fourth-order valence-corrected chi connectivity index (χ4v) is 4.34. The Hall–Kier alpha value is -0.940. The number of thiazole rings is 1. The van der Waals surface area contributed by atoms with E-state index in [1.165, 1.54) is 6.42 Å². The zero-order chi connectivity index (χ0) is 12.7. The molecule has 5 unspecified atom stereocenters. The number of carboxylic acids is 1. The summed E-state index contributed by atoms with van der Waals surface area (Å²) >= 11 is 1.58. The Balaban J connectivity index is 1.73. The van der Waals surface area contributed by atoms with Gasteiger partial charge in [0, 0.05) is 17.5 Å². The molecule has 4 nitrogen and oxygen atoms in total. The highest BCUT2D eigenvalue weighted by molar-refractivity contribution is 7.07. The van der Waals surface area contributed by atoms with Crippen LogP contribution in [0.2, 0.25) is 0 Å². The number of carboxylic acid groups (broad SMARTS) is 1. The van der Waals surface area contributed by atoms with Crippen LogP contribution in [0.25, 0.3) is 0 Å². The van der Waals surface area contributed by atoms with Crippen molar-refractivity contribution in [3.05, 3.63) is 16.6 Å².